The summed E-state index contributed by atoms with van der Waals surface area (Å²) < 4.78 is 5.18. The van der Waals surface area contributed by atoms with Crippen molar-refractivity contribution < 1.29 is 4.42 Å². The average molecular weight is 221 g/mol. The van der Waals surface area contributed by atoms with Crippen molar-refractivity contribution in [1.29, 1.82) is 0 Å². The monoisotopic (exact) mass is 221 g/mol. The summed E-state index contributed by atoms with van der Waals surface area (Å²) in [6.07, 6.45) is 7.21. The van der Waals surface area contributed by atoms with Crippen molar-refractivity contribution in [3.63, 3.8) is 0 Å². The van der Waals surface area contributed by atoms with Gasteiger partial charge in [-0.1, -0.05) is 20.8 Å². The van der Waals surface area contributed by atoms with Gasteiger partial charge in [0.25, 0.3) is 0 Å². The van der Waals surface area contributed by atoms with Crippen LogP contribution in [-0.2, 0) is 0 Å². The van der Waals surface area contributed by atoms with Gasteiger partial charge in [0.05, 0.1) is 12.5 Å². The molecular formula is C14H23NO. The van der Waals surface area contributed by atoms with Crippen molar-refractivity contribution in [3.05, 3.63) is 24.2 Å². The molecule has 1 aliphatic rings. The van der Waals surface area contributed by atoms with Crippen LogP contribution in [0.4, 0.5) is 0 Å². The molecule has 2 rings (SSSR count). The third kappa shape index (κ3) is 2.32. The van der Waals surface area contributed by atoms with Crippen LogP contribution in [0.3, 0.4) is 0 Å². The van der Waals surface area contributed by atoms with Crippen LogP contribution in [0.15, 0.2) is 23.0 Å². The van der Waals surface area contributed by atoms with E-state index in [1.165, 1.54) is 18.4 Å². The smallest absolute Gasteiger partial charge is 0.0937 e. The summed E-state index contributed by atoms with van der Waals surface area (Å²) >= 11 is 0. The van der Waals surface area contributed by atoms with Crippen LogP contribution in [-0.4, -0.2) is 6.04 Å². The molecule has 16 heavy (non-hydrogen) atoms. The Morgan fingerprint density at radius 1 is 1.31 bits per heavy atom. The molecule has 2 heteroatoms. The van der Waals surface area contributed by atoms with E-state index in [2.05, 4.69) is 26.8 Å². The molecule has 0 spiro atoms. The van der Waals surface area contributed by atoms with E-state index in [0.29, 0.717) is 17.4 Å². The Hall–Kier alpha value is -0.760. The van der Waals surface area contributed by atoms with E-state index < -0.39 is 0 Å². The third-order valence-corrected chi connectivity index (χ3v) is 4.10. The zero-order chi connectivity index (χ0) is 11.8. The molecule has 1 aromatic rings. The topological polar surface area (TPSA) is 39.2 Å². The van der Waals surface area contributed by atoms with Gasteiger partial charge in [-0.25, -0.2) is 0 Å². The van der Waals surface area contributed by atoms with Gasteiger partial charge in [0.2, 0.25) is 0 Å². The molecule has 3 unspecified atom stereocenters. The molecule has 1 heterocycles. The SMILES string of the molecule is CC(C)(C)C1CCC(N)C(c2ccoc2)C1. The normalized spacial score (nSPS) is 31.6. The molecule has 1 saturated carbocycles. The maximum atomic E-state index is 6.23. The zero-order valence-corrected chi connectivity index (χ0v) is 10.6. The molecule has 3 atom stereocenters. The van der Waals surface area contributed by atoms with Crippen LogP contribution in [0.2, 0.25) is 0 Å². The fraction of sp³-hybridized carbons (Fsp3) is 0.714. The Balaban J connectivity index is 2.13. The lowest BCUT2D eigenvalue weighted by atomic mass is 9.66. The van der Waals surface area contributed by atoms with Crippen LogP contribution in [0.1, 0.15) is 51.5 Å². The number of nitrogens with two attached hydrogens (primary N) is 1. The molecule has 0 saturated heterocycles. The van der Waals surface area contributed by atoms with E-state index in [9.17, 15) is 0 Å². The summed E-state index contributed by atoms with van der Waals surface area (Å²) in [7, 11) is 0. The van der Waals surface area contributed by atoms with E-state index in [0.717, 1.165) is 12.3 Å². The average Bonchev–Trinajstić information content (AvgIpc) is 2.69. The van der Waals surface area contributed by atoms with E-state index in [1.807, 2.05) is 6.26 Å². The molecule has 0 aliphatic heterocycles. The lowest BCUT2D eigenvalue weighted by Crippen LogP contribution is -2.38. The summed E-state index contributed by atoms with van der Waals surface area (Å²) in [5, 5.41) is 0. The quantitative estimate of drug-likeness (QED) is 0.788. The molecular weight excluding hydrogens is 198 g/mol. The number of furan rings is 1. The van der Waals surface area contributed by atoms with Crippen LogP contribution in [0.5, 0.6) is 0 Å². The molecule has 0 aromatic carbocycles. The lowest BCUT2D eigenvalue weighted by molar-refractivity contribution is 0.153. The van der Waals surface area contributed by atoms with Gasteiger partial charge in [-0.3, -0.25) is 0 Å². The highest BCUT2D eigenvalue weighted by Gasteiger charge is 2.35. The first-order chi connectivity index (χ1) is 7.48. The van der Waals surface area contributed by atoms with Crippen LogP contribution in [0.25, 0.3) is 0 Å². The summed E-state index contributed by atoms with van der Waals surface area (Å²) in [6, 6.07) is 2.37. The van der Waals surface area contributed by atoms with Gasteiger partial charge < -0.3 is 10.2 Å². The Labute approximate surface area is 98.2 Å². The fourth-order valence-corrected chi connectivity index (χ4v) is 2.85. The minimum absolute atomic E-state index is 0.302. The minimum Gasteiger partial charge on any atom is -0.472 e. The molecule has 2 N–H and O–H groups in total. The minimum atomic E-state index is 0.302. The van der Waals surface area contributed by atoms with Gasteiger partial charge in [0.1, 0.15) is 0 Å². The van der Waals surface area contributed by atoms with Gasteiger partial charge >= 0.3 is 0 Å². The first-order valence-corrected chi connectivity index (χ1v) is 6.26. The van der Waals surface area contributed by atoms with E-state index in [-0.39, 0.29) is 0 Å². The first kappa shape index (κ1) is 11.7. The van der Waals surface area contributed by atoms with Crippen molar-refractivity contribution in [2.75, 3.05) is 0 Å². The largest absolute Gasteiger partial charge is 0.472 e. The predicted molar refractivity (Wildman–Crippen MR) is 66.2 cm³/mol. The highest BCUT2D eigenvalue weighted by Crippen LogP contribution is 2.43. The fourth-order valence-electron chi connectivity index (χ4n) is 2.85. The molecule has 0 amide bonds. The Morgan fingerprint density at radius 2 is 2.06 bits per heavy atom. The van der Waals surface area contributed by atoms with Gasteiger partial charge in [-0.2, -0.15) is 0 Å². The Bertz CT molecular complexity index is 323. The second-order valence-electron chi connectivity index (χ2n) is 6.20. The van der Waals surface area contributed by atoms with Crippen molar-refractivity contribution in [1.82, 2.24) is 0 Å². The number of rotatable bonds is 1. The van der Waals surface area contributed by atoms with Gasteiger partial charge in [-0.05, 0) is 42.2 Å². The molecule has 1 aliphatic carbocycles. The van der Waals surface area contributed by atoms with Crippen molar-refractivity contribution in [3.8, 4) is 0 Å². The maximum Gasteiger partial charge on any atom is 0.0937 e. The van der Waals surface area contributed by atoms with Crippen LogP contribution < -0.4 is 5.73 Å². The second kappa shape index (κ2) is 4.25. The Kier molecular flexibility index (Phi) is 3.11. The van der Waals surface area contributed by atoms with Crippen LogP contribution in [0, 0.1) is 11.3 Å². The molecule has 90 valence electrons. The highest BCUT2D eigenvalue weighted by atomic mass is 16.3. The second-order valence-corrected chi connectivity index (χ2v) is 6.20. The van der Waals surface area contributed by atoms with Crippen molar-refractivity contribution in [2.45, 2.75) is 52.0 Å². The van der Waals surface area contributed by atoms with E-state index in [1.54, 1.807) is 6.26 Å². The highest BCUT2D eigenvalue weighted by molar-refractivity contribution is 5.16. The maximum absolute atomic E-state index is 6.23. The summed E-state index contributed by atoms with van der Waals surface area (Å²) in [5.41, 5.74) is 7.90. The van der Waals surface area contributed by atoms with E-state index >= 15 is 0 Å². The summed E-state index contributed by atoms with van der Waals surface area (Å²) in [4.78, 5) is 0. The molecule has 1 aromatic heterocycles. The number of hydrogen-bond acceptors (Lipinski definition) is 2. The van der Waals surface area contributed by atoms with E-state index in [4.69, 9.17) is 10.2 Å². The first-order valence-electron chi connectivity index (χ1n) is 6.26. The molecule has 0 radical (unpaired) electrons. The lowest BCUT2D eigenvalue weighted by Gasteiger charge is -2.40. The predicted octanol–water partition coefficient (Wildman–Crippen LogP) is 3.54. The summed E-state index contributed by atoms with van der Waals surface area (Å²) in [6.45, 7) is 7.00. The zero-order valence-electron chi connectivity index (χ0n) is 10.6. The van der Waals surface area contributed by atoms with Gasteiger partial charge in [0, 0.05) is 12.0 Å². The number of hydrogen-bond donors (Lipinski definition) is 1. The van der Waals surface area contributed by atoms with Crippen LogP contribution >= 0.6 is 0 Å². The standard InChI is InChI=1S/C14H23NO/c1-14(2,3)11-4-5-13(15)12(8-11)10-6-7-16-9-10/h6-7,9,11-13H,4-5,8,15H2,1-3H3. The van der Waals surface area contributed by atoms with Crippen molar-refractivity contribution >= 4 is 0 Å². The van der Waals surface area contributed by atoms with Crippen molar-refractivity contribution in [2.24, 2.45) is 17.1 Å². The third-order valence-electron chi connectivity index (χ3n) is 4.10. The Morgan fingerprint density at radius 3 is 2.62 bits per heavy atom. The van der Waals surface area contributed by atoms with Gasteiger partial charge in [-0.15, -0.1) is 0 Å². The van der Waals surface area contributed by atoms with Gasteiger partial charge in [0.15, 0.2) is 0 Å². The summed E-state index contributed by atoms with van der Waals surface area (Å²) in [5.74, 6) is 1.25. The molecule has 0 bridgehead atoms. The molecule has 1 fully saturated rings. The molecule has 2 nitrogen and oxygen atoms in total.